The third kappa shape index (κ3) is 2.86. The van der Waals surface area contributed by atoms with Gasteiger partial charge in [-0.2, -0.15) is 9.78 Å². The summed E-state index contributed by atoms with van der Waals surface area (Å²) >= 11 is 8.56. The molecule has 0 unspecified atom stereocenters. The van der Waals surface area contributed by atoms with E-state index in [9.17, 15) is 4.79 Å². The minimum absolute atomic E-state index is 0.234. The van der Waals surface area contributed by atoms with Gasteiger partial charge in [0, 0.05) is 4.47 Å². The number of hydrogen-bond donors (Lipinski definition) is 1. The van der Waals surface area contributed by atoms with Crippen molar-refractivity contribution in [3.63, 3.8) is 0 Å². The molecule has 6 heteroatoms. The second-order valence-corrected chi connectivity index (χ2v) is 5.69. The summed E-state index contributed by atoms with van der Waals surface area (Å²) in [7, 11) is 0. The van der Waals surface area contributed by atoms with Gasteiger partial charge in [-0.3, -0.25) is 4.79 Å². The van der Waals surface area contributed by atoms with Crippen molar-refractivity contribution in [2.45, 2.75) is 0 Å². The highest BCUT2D eigenvalue weighted by Gasteiger charge is 2.03. The molecule has 0 saturated carbocycles. The fraction of sp³-hybridized carbons (Fsp3) is 0. The first-order valence-corrected chi connectivity index (χ1v) is 7.39. The third-order valence-corrected chi connectivity index (χ3v) is 3.78. The lowest BCUT2D eigenvalue weighted by Gasteiger charge is -2.02. The van der Waals surface area contributed by atoms with Gasteiger partial charge in [0.05, 0.1) is 17.1 Å². The van der Waals surface area contributed by atoms with Gasteiger partial charge in [0.15, 0.2) is 0 Å². The van der Waals surface area contributed by atoms with Crippen LogP contribution in [0.5, 0.6) is 0 Å². The molecule has 0 saturated heterocycles. The Morgan fingerprint density at radius 3 is 2.62 bits per heavy atom. The van der Waals surface area contributed by atoms with Crippen LogP contribution in [-0.4, -0.2) is 15.9 Å². The van der Waals surface area contributed by atoms with E-state index in [1.165, 1.54) is 4.68 Å². The van der Waals surface area contributed by atoms with Crippen LogP contribution in [-0.2, 0) is 0 Å². The summed E-state index contributed by atoms with van der Waals surface area (Å²) in [6.45, 7) is 0. The molecule has 0 aliphatic carbocycles. The zero-order chi connectivity index (χ0) is 14.8. The molecule has 0 atom stereocenters. The molecule has 0 aliphatic rings. The van der Waals surface area contributed by atoms with Gasteiger partial charge in [-0.25, -0.2) is 0 Å². The Bertz CT molecular complexity index is 942. The van der Waals surface area contributed by atoms with E-state index in [0.717, 1.165) is 10.0 Å². The normalized spacial score (nSPS) is 11.3. The lowest BCUT2D eigenvalue weighted by Crippen LogP contribution is -2.18. The van der Waals surface area contributed by atoms with E-state index in [4.69, 9.17) is 12.2 Å². The maximum absolute atomic E-state index is 12.4. The van der Waals surface area contributed by atoms with Crippen LogP contribution in [0.3, 0.4) is 0 Å². The number of aromatic amines is 1. The molecule has 0 fully saturated rings. The molecule has 4 nitrogen and oxygen atoms in total. The van der Waals surface area contributed by atoms with Crippen LogP contribution in [0.4, 0.5) is 0 Å². The smallest absolute Gasteiger partial charge is 0.282 e. The van der Waals surface area contributed by atoms with Crippen LogP contribution in [0.15, 0.2) is 62.9 Å². The van der Waals surface area contributed by atoms with Crippen LogP contribution in [0.25, 0.3) is 10.9 Å². The number of para-hydroxylation sites is 1. The first-order chi connectivity index (χ1) is 10.1. The summed E-state index contributed by atoms with van der Waals surface area (Å²) in [5, 5.41) is 4.74. The molecule has 0 amide bonds. The van der Waals surface area contributed by atoms with E-state index in [1.54, 1.807) is 12.3 Å². The monoisotopic (exact) mass is 359 g/mol. The first-order valence-electron chi connectivity index (χ1n) is 6.19. The summed E-state index contributed by atoms with van der Waals surface area (Å²) in [5.74, 6) is 0. The van der Waals surface area contributed by atoms with Gasteiger partial charge in [0.2, 0.25) is 4.77 Å². The maximum atomic E-state index is 12.4. The predicted octanol–water partition coefficient (Wildman–Crippen LogP) is 3.70. The zero-order valence-corrected chi connectivity index (χ0v) is 13.2. The summed E-state index contributed by atoms with van der Waals surface area (Å²) in [4.78, 5) is 15.4. The number of benzene rings is 2. The van der Waals surface area contributed by atoms with Crippen molar-refractivity contribution in [1.29, 1.82) is 0 Å². The molecule has 0 radical (unpaired) electrons. The fourth-order valence-corrected chi connectivity index (χ4v) is 2.44. The maximum Gasteiger partial charge on any atom is 0.282 e. The highest BCUT2D eigenvalue weighted by Crippen LogP contribution is 2.09. The van der Waals surface area contributed by atoms with Crippen molar-refractivity contribution in [2.24, 2.45) is 5.10 Å². The van der Waals surface area contributed by atoms with Crippen LogP contribution < -0.4 is 5.56 Å². The Kier molecular flexibility index (Phi) is 3.81. The second kappa shape index (κ2) is 5.75. The standard InChI is InChI=1S/C15H10BrN3OS/c16-11-7-5-10(6-8-11)9-17-19-14(20)12-3-1-2-4-13(12)18-15(19)21/h1-9H,(H,18,21)/b17-9+. The highest BCUT2D eigenvalue weighted by molar-refractivity contribution is 9.10. The number of hydrogen-bond acceptors (Lipinski definition) is 3. The molecular weight excluding hydrogens is 350 g/mol. The quantitative estimate of drug-likeness (QED) is 0.560. The molecule has 0 bridgehead atoms. The number of aromatic nitrogens is 2. The predicted molar refractivity (Wildman–Crippen MR) is 90.5 cm³/mol. The lowest BCUT2D eigenvalue weighted by molar-refractivity contribution is 0.800. The van der Waals surface area contributed by atoms with Crippen molar-refractivity contribution in [3.8, 4) is 0 Å². The summed E-state index contributed by atoms with van der Waals surface area (Å²) < 4.78 is 2.45. The number of H-pyrrole nitrogens is 1. The van der Waals surface area contributed by atoms with Gasteiger partial charge in [-0.1, -0.05) is 40.2 Å². The Morgan fingerprint density at radius 1 is 1.14 bits per heavy atom. The average molecular weight is 360 g/mol. The van der Waals surface area contributed by atoms with Crippen molar-refractivity contribution in [3.05, 3.63) is 73.7 Å². The summed E-state index contributed by atoms with van der Waals surface area (Å²) in [5.41, 5.74) is 1.36. The average Bonchev–Trinajstić information content (AvgIpc) is 2.49. The van der Waals surface area contributed by atoms with Crippen molar-refractivity contribution >= 4 is 45.3 Å². The Morgan fingerprint density at radius 2 is 1.86 bits per heavy atom. The van der Waals surface area contributed by atoms with Gasteiger partial charge < -0.3 is 4.98 Å². The SMILES string of the molecule is O=c1c2ccccc2[nH]c(=S)n1/N=C/c1ccc(Br)cc1. The van der Waals surface area contributed by atoms with Crippen LogP contribution in [0, 0.1) is 4.77 Å². The highest BCUT2D eigenvalue weighted by atomic mass is 79.9. The Hall–Kier alpha value is -2.05. The van der Waals surface area contributed by atoms with Crippen molar-refractivity contribution in [2.75, 3.05) is 0 Å². The van der Waals surface area contributed by atoms with E-state index in [0.29, 0.717) is 10.9 Å². The molecule has 2 aromatic carbocycles. The minimum Gasteiger partial charge on any atom is -0.330 e. The third-order valence-electron chi connectivity index (χ3n) is 2.98. The van der Waals surface area contributed by atoms with Crippen molar-refractivity contribution in [1.82, 2.24) is 9.66 Å². The molecular formula is C15H10BrN3OS. The van der Waals surface area contributed by atoms with Crippen LogP contribution >= 0.6 is 28.1 Å². The minimum atomic E-state index is -0.234. The van der Waals surface area contributed by atoms with E-state index in [-0.39, 0.29) is 10.3 Å². The van der Waals surface area contributed by atoms with Gasteiger partial charge in [0.1, 0.15) is 0 Å². The van der Waals surface area contributed by atoms with E-state index in [1.807, 2.05) is 42.5 Å². The second-order valence-electron chi connectivity index (χ2n) is 4.39. The molecule has 3 aromatic rings. The van der Waals surface area contributed by atoms with Crippen LogP contribution in [0.1, 0.15) is 5.56 Å². The van der Waals surface area contributed by atoms with Gasteiger partial charge in [-0.05, 0) is 42.0 Å². The lowest BCUT2D eigenvalue weighted by atomic mass is 10.2. The summed E-state index contributed by atoms with van der Waals surface area (Å²) in [6.07, 6.45) is 1.60. The van der Waals surface area contributed by atoms with E-state index in [2.05, 4.69) is 26.0 Å². The molecule has 104 valence electrons. The molecule has 21 heavy (non-hydrogen) atoms. The van der Waals surface area contributed by atoms with E-state index >= 15 is 0 Å². The van der Waals surface area contributed by atoms with Gasteiger partial charge in [-0.15, -0.1) is 0 Å². The number of nitrogens with zero attached hydrogens (tertiary/aromatic N) is 2. The molecule has 1 heterocycles. The number of rotatable bonds is 2. The summed E-state index contributed by atoms with van der Waals surface area (Å²) in [6, 6.07) is 14.8. The number of nitrogens with one attached hydrogen (secondary N) is 1. The van der Waals surface area contributed by atoms with Crippen molar-refractivity contribution < 1.29 is 0 Å². The number of fused-ring (bicyclic) bond motifs is 1. The Balaban J connectivity index is 2.10. The Labute approximate surface area is 133 Å². The van der Waals surface area contributed by atoms with E-state index < -0.39 is 0 Å². The van der Waals surface area contributed by atoms with Gasteiger partial charge in [0.25, 0.3) is 5.56 Å². The topological polar surface area (TPSA) is 50.1 Å². The zero-order valence-electron chi connectivity index (χ0n) is 10.8. The number of halogens is 1. The van der Waals surface area contributed by atoms with Gasteiger partial charge >= 0.3 is 0 Å². The van der Waals surface area contributed by atoms with Crippen LogP contribution in [0.2, 0.25) is 0 Å². The molecule has 1 N–H and O–H groups in total. The fourth-order valence-electron chi connectivity index (χ4n) is 1.93. The molecule has 0 spiro atoms. The molecule has 1 aromatic heterocycles. The molecule has 3 rings (SSSR count). The first kappa shape index (κ1) is 13.9. The largest absolute Gasteiger partial charge is 0.330 e. The molecule has 0 aliphatic heterocycles.